The summed E-state index contributed by atoms with van der Waals surface area (Å²) in [6, 6.07) is 11.9. The zero-order chi connectivity index (χ0) is 20.1. The molecule has 2 heterocycles. The van der Waals surface area contributed by atoms with Crippen molar-refractivity contribution in [1.82, 2.24) is 19.8 Å². The van der Waals surface area contributed by atoms with E-state index in [0.29, 0.717) is 44.1 Å². The summed E-state index contributed by atoms with van der Waals surface area (Å²) >= 11 is 0. The molecule has 1 aliphatic heterocycles. The SMILES string of the molecule is CCC(=O)N(C)Cc1nc(NC)cc([C@H]2CC(=O)N(Cc3ccccc3)C2)n1. The second-order valence-electron chi connectivity index (χ2n) is 7.11. The van der Waals surface area contributed by atoms with Crippen molar-refractivity contribution in [3.63, 3.8) is 0 Å². The number of hydrogen-bond acceptors (Lipinski definition) is 5. The van der Waals surface area contributed by atoms with Gasteiger partial charge in [0, 0.05) is 52.0 Å². The first-order chi connectivity index (χ1) is 13.5. The van der Waals surface area contributed by atoms with Crippen molar-refractivity contribution in [3.05, 3.63) is 53.5 Å². The highest BCUT2D eigenvalue weighted by atomic mass is 16.2. The molecule has 1 aliphatic rings. The number of nitrogens with zero attached hydrogens (tertiary/aromatic N) is 4. The molecular formula is C21H27N5O2. The maximum atomic E-state index is 12.5. The Morgan fingerprint density at radius 1 is 1.29 bits per heavy atom. The maximum Gasteiger partial charge on any atom is 0.223 e. The van der Waals surface area contributed by atoms with E-state index in [1.165, 1.54) is 0 Å². The number of aromatic nitrogens is 2. The minimum atomic E-state index is 0.0252. The molecule has 3 rings (SSSR count). The lowest BCUT2D eigenvalue weighted by Gasteiger charge is -2.18. The average Bonchev–Trinajstić information content (AvgIpc) is 3.08. The van der Waals surface area contributed by atoms with Crippen molar-refractivity contribution in [1.29, 1.82) is 0 Å². The fraction of sp³-hybridized carbons (Fsp3) is 0.429. The van der Waals surface area contributed by atoms with E-state index in [0.717, 1.165) is 11.3 Å². The third kappa shape index (κ3) is 4.65. The molecule has 0 unspecified atom stereocenters. The molecule has 2 aromatic rings. The van der Waals surface area contributed by atoms with E-state index in [-0.39, 0.29) is 17.7 Å². The monoisotopic (exact) mass is 381 g/mol. The van der Waals surface area contributed by atoms with Gasteiger partial charge >= 0.3 is 0 Å². The lowest BCUT2D eigenvalue weighted by Crippen LogP contribution is -2.27. The highest BCUT2D eigenvalue weighted by molar-refractivity contribution is 5.79. The van der Waals surface area contributed by atoms with E-state index in [9.17, 15) is 9.59 Å². The van der Waals surface area contributed by atoms with E-state index in [2.05, 4.69) is 15.3 Å². The number of carbonyl (C=O) groups is 2. The number of anilines is 1. The summed E-state index contributed by atoms with van der Waals surface area (Å²) in [7, 11) is 3.56. The van der Waals surface area contributed by atoms with Gasteiger partial charge in [0.25, 0.3) is 0 Å². The molecule has 1 saturated heterocycles. The Bertz CT molecular complexity index is 840. The van der Waals surface area contributed by atoms with E-state index in [1.807, 2.05) is 48.2 Å². The van der Waals surface area contributed by atoms with Crippen molar-refractivity contribution in [3.8, 4) is 0 Å². The van der Waals surface area contributed by atoms with Crippen LogP contribution in [0.3, 0.4) is 0 Å². The van der Waals surface area contributed by atoms with Crippen molar-refractivity contribution in [2.75, 3.05) is 26.0 Å². The highest BCUT2D eigenvalue weighted by Gasteiger charge is 2.32. The van der Waals surface area contributed by atoms with Gasteiger partial charge in [-0.2, -0.15) is 0 Å². The summed E-state index contributed by atoms with van der Waals surface area (Å²) in [5.74, 6) is 1.49. The third-order valence-corrected chi connectivity index (χ3v) is 5.00. The first-order valence-corrected chi connectivity index (χ1v) is 9.61. The van der Waals surface area contributed by atoms with Gasteiger partial charge in [0.2, 0.25) is 11.8 Å². The topological polar surface area (TPSA) is 78.4 Å². The first-order valence-electron chi connectivity index (χ1n) is 9.61. The summed E-state index contributed by atoms with van der Waals surface area (Å²) in [5.41, 5.74) is 1.96. The molecule has 0 bridgehead atoms. The van der Waals surface area contributed by atoms with Gasteiger partial charge in [0.05, 0.1) is 12.2 Å². The van der Waals surface area contributed by atoms with Crippen molar-refractivity contribution in [2.45, 2.75) is 38.8 Å². The summed E-state index contributed by atoms with van der Waals surface area (Å²) in [4.78, 5) is 37.0. The number of carbonyl (C=O) groups excluding carboxylic acids is 2. The minimum absolute atomic E-state index is 0.0252. The van der Waals surface area contributed by atoms with E-state index < -0.39 is 0 Å². The van der Waals surface area contributed by atoms with Crippen LogP contribution >= 0.6 is 0 Å². The summed E-state index contributed by atoms with van der Waals surface area (Å²) in [6.45, 7) is 3.43. The predicted molar refractivity (Wildman–Crippen MR) is 108 cm³/mol. The lowest BCUT2D eigenvalue weighted by molar-refractivity contribution is -0.130. The van der Waals surface area contributed by atoms with Crippen molar-refractivity contribution >= 4 is 17.6 Å². The normalized spacial score (nSPS) is 16.3. The number of nitrogens with one attached hydrogen (secondary N) is 1. The second-order valence-corrected chi connectivity index (χ2v) is 7.11. The van der Waals surface area contributed by atoms with Crippen molar-refractivity contribution in [2.24, 2.45) is 0 Å². The van der Waals surface area contributed by atoms with Gasteiger partial charge in [-0.15, -0.1) is 0 Å². The van der Waals surface area contributed by atoms with Crippen LogP contribution < -0.4 is 5.32 Å². The second kappa shape index (κ2) is 8.82. The molecule has 2 amide bonds. The molecule has 1 atom stereocenters. The molecule has 1 fully saturated rings. The summed E-state index contributed by atoms with van der Waals surface area (Å²) < 4.78 is 0. The van der Waals surface area contributed by atoms with Gasteiger partial charge < -0.3 is 15.1 Å². The summed E-state index contributed by atoms with van der Waals surface area (Å²) in [5, 5.41) is 3.06. The Morgan fingerprint density at radius 3 is 2.71 bits per heavy atom. The van der Waals surface area contributed by atoms with Crippen LogP contribution in [0.1, 0.15) is 42.8 Å². The number of hydrogen-bond donors (Lipinski definition) is 1. The van der Waals surface area contributed by atoms with Gasteiger partial charge in [-0.1, -0.05) is 37.3 Å². The molecule has 0 saturated carbocycles. The Morgan fingerprint density at radius 2 is 2.04 bits per heavy atom. The van der Waals surface area contributed by atoms with Gasteiger partial charge in [0.1, 0.15) is 11.6 Å². The Labute approximate surface area is 165 Å². The molecule has 1 aromatic heterocycles. The van der Waals surface area contributed by atoms with Crippen LogP contribution in [0.15, 0.2) is 36.4 Å². The summed E-state index contributed by atoms with van der Waals surface area (Å²) in [6.07, 6.45) is 0.886. The van der Waals surface area contributed by atoms with Gasteiger partial charge in [0.15, 0.2) is 0 Å². The zero-order valence-electron chi connectivity index (χ0n) is 16.7. The maximum absolute atomic E-state index is 12.5. The van der Waals surface area contributed by atoms with E-state index in [1.54, 1.807) is 19.0 Å². The number of benzene rings is 1. The van der Waals surface area contributed by atoms with Crippen LogP contribution in [0, 0.1) is 0 Å². The first kappa shape index (κ1) is 19.8. The van der Waals surface area contributed by atoms with Crippen LogP contribution in [0.4, 0.5) is 5.82 Å². The predicted octanol–water partition coefficient (Wildman–Crippen LogP) is 2.40. The molecule has 1 N–H and O–H groups in total. The van der Waals surface area contributed by atoms with Gasteiger partial charge in [-0.25, -0.2) is 9.97 Å². The number of amides is 2. The molecule has 1 aromatic carbocycles. The molecule has 0 radical (unpaired) electrons. The fourth-order valence-corrected chi connectivity index (χ4v) is 3.42. The molecule has 7 nitrogen and oxygen atoms in total. The van der Waals surface area contributed by atoms with Crippen LogP contribution in [-0.4, -0.2) is 52.2 Å². The number of likely N-dealkylation sites (tertiary alicyclic amines) is 1. The fourth-order valence-electron chi connectivity index (χ4n) is 3.42. The number of rotatable bonds is 7. The molecule has 28 heavy (non-hydrogen) atoms. The van der Waals surface area contributed by atoms with Crippen LogP contribution in [-0.2, 0) is 22.7 Å². The molecule has 7 heteroatoms. The Hall–Kier alpha value is -2.96. The average molecular weight is 381 g/mol. The zero-order valence-corrected chi connectivity index (χ0v) is 16.7. The minimum Gasteiger partial charge on any atom is -0.373 e. The van der Waals surface area contributed by atoms with Gasteiger partial charge in [-0.05, 0) is 5.56 Å². The quantitative estimate of drug-likeness (QED) is 0.797. The third-order valence-electron chi connectivity index (χ3n) is 5.00. The van der Waals surface area contributed by atoms with Crippen LogP contribution in [0.2, 0.25) is 0 Å². The standard InChI is InChI=1S/C21H27N5O2/c1-4-20(27)25(3)14-19-23-17(11-18(22-2)24-19)16-10-21(28)26(13-16)12-15-8-6-5-7-9-15/h5-9,11,16H,4,10,12-14H2,1-3H3,(H,22,23,24)/t16-/m0/s1. The smallest absolute Gasteiger partial charge is 0.223 e. The van der Waals surface area contributed by atoms with Gasteiger partial charge in [-0.3, -0.25) is 9.59 Å². The molecule has 0 aliphatic carbocycles. The Kier molecular flexibility index (Phi) is 6.23. The van der Waals surface area contributed by atoms with Crippen LogP contribution in [0.5, 0.6) is 0 Å². The molecule has 148 valence electrons. The van der Waals surface area contributed by atoms with E-state index in [4.69, 9.17) is 0 Å². The van der Waals surface area contributed by atoms with E-state index >= 15 is 0 Å². The van der Waals surface area contributed by atoms with Crippen molar-refractivity contribution < 1.29 is 9.59 Å². The molecule has 0 spiro atoms. The highest BCUT2D eigenvalue weighted by Crippen LogP contribution is 2.29. The molecular weight excluding hydrogens is 354 g/mol. The lowest BCUT2D eigenvalue weighted by atomic mass is 10.0. The Balaban J connectivity index is 1.76. The van der Waals surface area contributed by atoms with Crippen LogP contribution in [0.25, 0.3) is 0 Å². The largest absolute Gasteiger partial charge is 0.373 e.